The summed E-state index contributed by atoms with van der Waals surface area (Å²) in [5.74, 6) is 0.961. The third kappa shape index (κ3) is 3.41. The lowest BCUT2D eigenvalue weighted by atomic mass is 9.93. The fourth-order valence-corrected chi connectivity index (χ4v) is 2.42. The number of aromatic nitrogens is 2. The molecule has 2 atom stereocenters. The first-order chi connectivity index (χ1) is 9.08. The van der Waals surface area contributed by atoms with Gasteiger partial charge in [0, 0.05) is 19.1 Å². The van der Waals surface area contributed by atoms with E-state index in [1.807, 2.05) is 0 Å². The maximum absolute atomic E-state index is 11.0. The number of hydrogen-bond acceptors (Lipinski definition) is 5. The van der Waals surface area contributed by atoms with Crippen molar-refractivity contribution in [3.63, 3.8) is 0 Å². The molecule has 1 amide bonds. The molecule has 1 aromatic heterocycles. The number of primary amides is 1. The second kappa shape index (κ2) is 5.97. The molecule has 0 bridgehead atoms. The molecule has 19 heavy (non-hydrogen) atoms. The van der Waals surface area contributed by atoms with E-state index in [1.54, 1.807) is 6.20 Å². The van der Waals surface area contributed by atoms with E-state index in [2.05, 4.69) is 29.1 Å². The predicted molar refractivity (Wildman–Crippen MR) is 71.7 cm³/mol. The van der Waals surface area contributed by atoms with Crippen LogP contribution in [0.5, 0.6) is 0 Å². The van der Waals surface area contributed by atoms with Gasteiger partial charge in [0.2, 0.25) is 0 Å². The topological polar surface area (TPSA) is 90.1 Å². The van der Waals surface area contributed by atoms with Gasteiger partial charge in [0.1, 0.15) is 11.5 Å². The van der Waals surface area contributed by atoms with Gasteiger partial charge in [-0.1, -0.05) is 13.8 Å². The highest BCUT2D eigenvalue weighted by molar-refractivity contribution is 5.90. The van der Waals surface area contributed by atoms with Gasteiger partial charge in [0.05, 0.1) is 18.5 Å². The number of anilines is 1. The van der Waals surface area contributed by atoms with Gasteiger partial charge >= 0.3 is 0 Å². The molecule has 1 aliphatic rings. The number of nitrogens with two attached hydrogens (primary N) is 1. The van der Waals surface area contributed by atoms with Gasteiger partial charge in [-0.15, -0.1) is 0 Å². The van der Waals surface area contributed by atoms with Crippen molar-refractivity contribution in [3.8, 4) is 0 Å². The molecule has 6 heteroatoms. The van der Waals surface area contributed by atoms with Crippen LogP contribution in [0.15, 0.2) is 12.4 Å². The van der Waals surface area contributed by atoms with Crippen molar-refractivity contribution < 1.29 is 9.53 Å². The number of hydrogen-bond donors (Lipinski definition) is 2. The molecule has 6 nitrogen and oxygen atoms in total. The Morgan fingerprint density at radius 1 is 1.58 bits per heavy atom. The van der Waals surface area contributed by atoms with Crippen LogP contribution in [0.25, 0.3) is 0 Å². The lowest BCUT2D eigenvalue weighted by Crippen LogP contribution is -2.28. The van der Waals surface area contributed by atoms with Crippen molar-refractivity contribution in [1.82, 2.24) is 9.97 Å². The summed E-state index contributed by atoms with van der Waals surface area (Å²) in [6.07, 6.45) is 4.27. The Kier molecular flexibility index (Phi) is 4.31. The third-order valence-electron chi connectivity index (χ3n) is 3.35. The van der Waals surface area contributed by atoms with Gasteiger partial charge in [-0.05, 0) is 12.3 Å². The average Bonchev–Trinajstić information content (AvgIpc) is 2.85. The quantitative estimate of drug-likeness (QED) is 0.829. The number of carbonyl (C=O) groups excluding carboxylic acids is 1. The first kappa shape index (κ1) is 13.7. The van der Waals surface area contributed by atoms with Crippen LogP contribution in [-0.2, 0) is 4.74 Å². The maximum Gasteiger partial charge on any atom is 0.268 e. The molecule has 0 unspecified atom stereocenters. The number of nitrogens with zero attached hydrogens (tertiary/aromatic N) is 2. The Bertz CT molecular complexity index is 450. The number of ether oxygens (including phenoxy) is 1. The highest BCUT2D eigenvalue weighted by Crippen LogP contribution is 2.26. The minimum Gasteiger partial charge on any atom is -0.378 e. The zero-order valence-electron chi connectivity index (χ0n) is 11.3. The standard InChI is InChI=1S/C13H20N4O2/c1-8(2)12-9(3-4-19-12)5-16-11-7-15-6-10(17-11)13(14)18/h6-9,12H,3-5H2,1-2H3,(H2,14,18)(H,16,17)/t9-,12-/m1/s1. The molecule has 3 N–H and O–H groups in total. The van der Waals surface area contributed by atoms with Crippen molar-refractivity contribution in [3.05, 3.63) is 18.1 Å². The molecular weight excluding hydrogens is 244 g/mol. The molecule has 0 radical (unpaired) electrons. The summed E-state index contributed by atoms with van der Waals surface area (Å²) in [4.78, 5) is 19.1. The van der Waals surface area contributed by atoms with E-state index < -0.39 is 5.91 Å². The van der Waals surface area contributed by atoms with E-state index >= 15 is 0 Å². The third-order valence-corrected chi connectivity index (χ3v) is 3.35. The minimum atomic E-state index is -0.569. The van der Waals surface area contributed by atoms with Crippen molar-refractivity contribution >= 4 is 11.7 Å². The van der Waals surface area contributed by atoms with Crippen LogP contribution in [0.1, 0.15) is 30.8 Å². The molecule has 0 aliphatic carbocycles. The molecule has 0 saturated carbocycles. The van der Waals surface area contributed by atoms with Gasteiger partial charge < -0.3 is 15.8 Å². The van der Waals surface area contributed by atoms with Crippen molar-refractivity contribution in [2.24, 2.45) is 17.6 Å². The van der Waals surface area contributed by atoms with Crippen molar-refractivity contribution in [2.45, 2.75) is 26.4 Å². The maximum atomic E-state index is 11.0. The Balaban J connectivity index is 1.95. The first-order valence-electron chi connectivity index (χ1n) is 6.55. The van der Waals surface area contributed by atoms with Crippen LogP contribution >= 0.6 is 0 Å². The van der Waals surface area contributed by atoms with E-state index in [4.69, 9.17) is 10.5 Å². The second-order valence-corrected chi connectivity index (χ2v) is 5.16. The monoisotopic (exact) mass is 264 g/mol. The molecule has 1 aliphatic heterocycles. The van der Waals surface area contributed by atoms with Gasteiger partial charge in [0.15, 0.2) is 0 Å². The highest BCUT2D eigenvalue weighted by atomic mass is 16.5. The molecule has 0 aromatic carbocycles. The molecule has 104 valence electrons. The average molecular weight is 264 g/mol. The smallest absolute Gasteiger partial charge is 0.268 e. The second-order valence-electron chi connectivity index (χ2n) is 5.16. The summed E-state index contributed by atoms with van der Waals surface area (Å²) in [6.45, 7) is 5.90. The number of rotatable bonds is 5. The predicted octanol–water partition coefficient (Wildman–Crippen LogP) is 1.05. The van der Waals surface area contributed by atoms with Gasteiger partial charge in [-0.3, -0.25) is 9.78 Å². The van der Waals surface area contributed by atoms with Gasteiger partial charge in [-0.2, -0.15) is 0 Å². The summed E-state index contributed by atoms with van der Waals surface area (Å²) in [5, 5.41) is 3.21. The zero-order valence-corrected chi connectivity index (χ0v) is 11.3. The summed E-state index contributed by atoms with van der Waals surface area (Å²) in [7, 11) is 0. The van der Waals surface area contributed by atoms with Crippen LogP contribution in [0.4, 0.5) is 5.82 Å². The molecule has 2 rings (SSSR count). The molecule has 1 aromatic rings. The van der Waals surface area contributed by atoms with Crippen molar-refractivity contribution in [1.29, 1.82) is 0 Å². The van der Waals surface area contributed by atoms with Crippen LogP contribution in [0.3, 0.4) is 0 Å². The zero-order chi connectivity index (χ0) is 13.8. The summed E-state index contributed by atoms with van der Waals surface area (Å²) < 4.78 is 5.73. The van der Waals surface area contributed by atoms with E-state index in [0.717, 1.165) is 19.6 Å². The molecular formula is C13H20N4O2. The van der Waals surface area contributed by atoms with E-state index in [1.165, 1.54) is 6.20 Å². The SMILES string of the molecule is CC(C)[C@H]1OCC[C@@H]1CNc1cncc(C(N)=O)n1. The molecule has 1 saturated heterocycles. The number of nitrogens with one attached hydrogen (secondary N) is 1. The van der Waals surface area contributed by atoms with Crippen LogP contribution in [0.2, 0.25) is 0 Å². The lowest BCUT2D eigenvalue weighted by Gasteiger charge is -2.22. The first-order valence-corrected chi connectivity index (χ1v) is 6.55. The Morgan fingerprint density at radius 3 is 3.05 bits per heavy atom. The van der Waals surface area contributed by atoms with Crippen LogP contribution in [0, 0.1) is 11.8 Å². The largest absolute Gasteiger partial charge is 0.378 e. The van der Waals surface area contributed by atoms with Gasteiger partial charge in [-0.25, -0.2) is 4.98 Å². The van der Waals surface area contributed by atoms with Crippen molar-refractivity contribution in [2.75, 3.05) is 18.5 Å². The van der Waals surface area contributed by atoms with E-state index in [9.17, 15) is 4.79 Å². The fourth-order valence-electron chi connectivity index (χ4n) is 2.42. The van der Waals surface area contributed by atoms with E-state index in [-0.39, 0.29) is 11.8 Å². The highest BCUT2D eigenvalue weighted by Gasteiger charge is 2.30. The fraction of sp³-hybridized carbons (Fsp3) is 0.615. The number of carbonyl (C=O) groups is 1. The van der Waals surface area contributed by atoms with Crippen LogP contribution in [-0.4, -0.2) is 35.1 Å². The van der Waals surface area contributed by atoms with Gasteiger partial charge in [0.25, 0.3) is 5.91 Å². The molecule has 0 spiro atoms. The Labute approximate surface area is 112 Å². The molecule has 1 fully saturated rings. The lowest BCUT2D eigenvalue weighted by molar-refractivity contribution is 0.0566. The van der Waals surface area contributed by atoms with E-state index in [0.29, 0.717) is 17.7 Å². The summed E-state index contributed by atoms with van der Waals surface area (Å²) in [6, 6.07) is 0. The van der Waals surface area contributed by atoms with Crippen LogP contribution < -0.4 is 11.1 Å². The normalized spacial score (nSPS) is 22.7. The number of amides is 1. The Morgan fingerprint density at radius 2 is 2.37 bits per heavy atom. The Hall–Kier alpha value is -1.69. The minimum absolute atomic E-state index is 0.174. The molecule has 2 heterocycles. The summed E-state index contributed by atoms with van der Waals surface area (Å²) in [5.41, 5.74) is 5.35. The summed E-state index contributed by atoms with van der Waals surface area (Å²) >= 11 is 0.